The van der Waals surface area contributed by atoms with Gasteiger partial charge in [-0.3, -0.25) is 9.59 Å². The second-order valence-electron chi connectivity index (χ2n) is 5.35. The Labute approximate surface area is 118 Å². The number of rotatable bonds is 6. The molecule has 0 saturated carbocycles. The van der Waals surface area contributed by atoms with E-state index in [4.69, 9.17) is 5.11 Å². The predicted molar refractivity (Wildman–Crippen MR) is 73.1 cm³/mol. The number of hydrogen-bond acceptors (Lipinski definition) is 4. The highest BCUT2D eigenvalue weighted by Gasteiger charge is 2.38. The molecule has 0 bridgehead atoms. The van der Waals surface area contributed by atoms with Gasteiger partial charge in [0.15, 0.2) is 0 Å². The van der Waals surface area contributed by atoms with E-state index in [9.17, 15) is 14.4 Å². The minimum atomic E-state index is -0.986. The van der Waals surface area contributed by atoms with Gasteiger partial charge >= 0.3 is 5.97 Å². The summed E-state index contributed by atoms with van der Waals surface area (Å²) in [7, 11) is 1.65. The van der Waals surface area contributed by atoms with Crippen molar-refractivity contribution in [1.29, 1.82) is 0 Å². The predicted octanol–water partition coefficient (Wildman–Crippen LogP) is -0.578. The summed E-state index contributed by atoms with van der Waals surface area (Å²) in [5, 5.41) is 14.5. The van der Waals surface area contributed by atoms with E-state index < -0.39 is 18.1 Å². The van der Waals surface area contributed by atoms with Crippen LogP contribution in [0.3, 0.4) is 0 Å². The van der Waals surface area contributed by atoms with Crippen molar-refractivity contribution in [3.05, 3.63) is 0 Å². The summed E-state index contributed by atoms with van der Waals surface area (Å²) in [5.74, 6) is -1.67. The van der Waals surface area contributed by atoms with E-state index in [0.717, 1.165) is 0 Å². The second-order valence-corrected chi connectivity index (χ2v) is 5.35. The van der Waals surface area contributed by atoms with Crippen molar-refractivity contribution < 1.29 is 19.5 Å². The number of carbonyl (C=O) groups excluding carboxylic acids is 2. The molecule has 1 fully saturated rings. The van der Waals surface area contributed by atoms with Crippen molar-refractivity contribution >= 4 is 17.8 Å². The number of amides is 2. The van der Waals surface area contributed by atoms with E-state index in [2.05, 4.69) is 10.6 Å². The van der Waals surface area contributed by atoms with Gasteiger partial charge in [-0.25, -0.2) is 4.79 Å². The van der Waals surface area contributed by atoms with Gasteiger partial charge in [0.25, 0.3) is 0 Å². The van der Waals surface area contributed by atoms with Crippen LogP contribution in [-0.2, 0) is 14.4 Å². The molecule has 7 nitrogen and oxygen atoms in total. The van der Waals surface area contributed by atoms with Crippen LogP contribution in [0.2, 0.25) is 0 Å². The molecule has 114 valence electrons. The highest BCUT2D eigenvalue weighted by molar-refractivity contribution is 5.91. The maximum absolute atomic E-state index is 12.5. The van der Waals surface area contributed by atoms with Crippen LogP contribution in [0.25, 0.3) is 0 Å². The third kappa shape index (κ3) is 3.93. The number of aliphatic carboxylic acids is 1. The van der Waals surface area contributed by atoms with E-state index in [0.29, 0.717) is 19.4 Å². The fourth-order valence-corrected chi connectivity index (χ4v) is 2.36. The number of hydrogen-bond donors (Lipinski definition) is 3. The van der Waals surface area contributed by atoms with Crippen molar-refractivity contribution in [2.75, 3.05) is 20.1 Å². The maximum Gasteiger partial charge on any atom is 0.326 e. The summed E-state index contributed by atoms with van der Waals surface area (Å²) in [6.07, 6.45) is 1.15. The summed E-state index contributed by atoms with van der Waals surface area (Å²) < 4.78 is 0. The van der Waals surface area contributed by atoms with E-state index in [1.807, 2.05) is 13.8 Å². The summed E-state index contributed by atoms with van der Waals surface area (Å²) in [6, 6.07) is -1.46. The minimum absolute atomic E-state index is 0.0987. The first-order valence-corrected chi connectivity index (χ1v) is 6.85. The largest absolute Gasteiger partial charge is 0.480 e. The number of likely N-dealkylation sites (tertiary alicyclic amines) is 1. The first-order chi connectivity index (χ1) is 9.38. The van der Waals surface area contributed by atoms with Gasteiger partial charge in [0.1, 0.15) is 12.1 Å². The van der Waals surface area contributed by atoms with Crippen LogP contribution < -0.4 is 10.6 Å². The summed E-state index contributed by atoms with van der Waals surface area (Å²) in [6.45, 7) is 4.21. The SMILES string of the molecule is CNCC(=O)N[C@H](C(=O)N1CCC[C@H]1C(=O)O)C(C)C. The van der Waals surface area contributed by atoms with Crippen LogP contribution in [0.1, 0.15) is 26.7 Å². The quantitative estimate of drug-likeness (QED) is 0.606. The standard InChI is InChI=1S/C13H23N3O4/c1-8(2)11(15-10(17)7-14-3)12(18)16-6-4-5-9(16)13(19)20/h8-9,11,14H,4-7H2,1-3H3,(H,15,17)(H,19,20)/t9-,11-/m0/s1. The third-order valence-electron chi connectivity index (χ3n) is 3.41. The van der Waals surface area contributed by atoms with E-state index >= 15 is 0 Å². The van der Waals surface area contributed by atoms with Gasteiger partial charge < -0.3 is 20.6 Å². The molecular formula is C13H23N3O4. The van der Waals surface area contributed by atoms with E-state index in [-0.39, 0.29) is 24.3 Å². The lowest BCUT2D eigenvalue weighted by Crippen LogP contribution is -2.54. The van der Waals surface area contributed by atoms with Crippen molar-refractivity contribution in [2.45, 2.75) is 38.8 Å². The molecule has 2 atom stereocenters. The summed E-state index contributed by atoms with van der Waals surface area (Å²) >= 11 is 0. The van der Waals surface area contributed by atoms with Crippen LogP contribution in [0.15, 0.2) is 0 Å². The van der Waals surface area contributed by atoms with Crippen molar-refractivity contribution in [3.63, 3.8) is 0 Å². The number of carbonyl (C=O) groups is 3. The average Bonchev–Trinajstić information content (AvgIpc) is 2.84. The Balaban J connectivity index is 2.78. The molecule has 0 aliphatic carbocycles. The number of nitrogens with one attached hydrogen (secondary N) is 2. The number of carboxylic acids is 1. The van der Waals surface area contributed by atoms with Gasteiger partial charge in [0.05, 0.1) is 6.54 Å². The third-order valence-corrected chi connectivity index (χ3v) is 3.41. The van der Waals surface area contributed by atoms with Gasteiger partial charge in [0.2, 0.25) is 11.8 Å². The molecule has 0 aromatic heterocycles. The Kier molecular flexibility index (Phi) is 5.94. The molecule has 0 aromatic rings. The fraction of sp³-hybridized carbons (Fsp3) is 0.769. The van der Waals surface area contributed by atoms with Crippen LogP contribution in [0.4, 0.5) is 0 Å². The van der Waals surface area contributed by atoms with Gasteiger partial charge in [-0.15, -0.1) is 0 Å². The van der Waals surface area contributed by atoms with Gasteiger partial charge in [0, 0.05) is 6.54 Å². The lowest BCUT2D eigenvalue weighted by atomic mass is 10.0. The lowest BCUT2D eigenvalue weighted by Gasteiger charge is -2.29. The highest BCUT2D eigenvalue weighted by Crippen LogP contribution is 2.20. The van der Waals surface area contributed by atoms with Crippen LogP contribution in [0, 0.1) is 5.92 Å². The lowest BCUT2D eigenvalue weighted by molar-refractivity contribution is -0.149. The van der Waals surface area contributed by atoms with Gasteiger partial charge in [-0.05, 0) is 25.8 Å². The second kappa shape index (κ2) is 7.23. The first kappa shape index (κ1) is 16.4. The van der Waals surface area contributed by atoms with E-state index in [1.165, 1.54) is 4.90 Å². The zero-order valence-electron chi connectivity index (χ0n) is 12.2. The molecule has 7 heteroatoms. The van der Waals surface area contributed by atoms with Gasteiger partial charge in [-0.2, -0.15) is 0 Å². The molecule has 3 N–H and O–H groups in total. The summed E-state index contributed by atoms with van der Waals surface area (Å²) in [5.41, 5.74) is 0. The van der Waals surface area contributed by atoms with Crippen molar-refractivity contribution in [1.82, 2.24) is 15.5 Å². The molecule has 0 aromatic carbocycles. The molecule has 20 heavy (non-hydrogen) atoms. The molecule has 1 aliphatic rings. The Bertz CT molecular complexity index is 384. The molecule has 1 saturated heterocycles. The molecule has 0 radical (unpaired) electrons. The zero-order chi connectivity index (χ0) is 15.3. The highest BCUT2D eigenvalue weighted by atomic mass is 16.4. The number of carboxylic acid groups (broad SMARTS) is 1. The van der Waals surface area contributed by atoms with Gasteiger partial charge in [-0.1, -0.05) is 13.8 Å². The van der Waals surface area contributed by atoms with Crippen LogP contribution >= 0.6 is 0 Å². The molecule has 1 aliphatic heterocycles. The van der Waals surface area contributed by atoms with Crippen LogP contribution in [0.5, 0.6) is 0 Å². The Morgan fingerprint density at radius 2 is 2.00 bits per heavy atom. The fourth-order valence-electron chi connectivity index (χ4n) is 2.36. The molecule has 0 unspecified atom stereocenters. The first-order valence-electron chi connectivity index (χ1n) is 6.85. The molecular weight excluding hydrogens is 262 g/mol. The number of likely N-dealkylation sites (N-methyl/N-ethyl adjacent to an activating group) is 1. The van der Waals surface area contributed by atoms with Crippen LogP contribution in [-0.4, -0.2) is 60.0 Å². The topological polar surface area (TPSA) is 98.7 Å². The average molecular weight is 285 g/mol. The normalized spacial score (nSPS) is 20.0. The Morgan fingerprint density at radius 1 is 1.35 bits per heavy atom. The number of nitrogens with zero attached hydrogens (tertiary/aromatic N) is 1. The van der Waals surface area contributed by atoms with E-state index in [1.54, 1.807) is 7.05 Å². The summed E-state index contributed by atoms with van der Waals surface area (Å²) in [4.78, 5) is 36.6. The Hall–Kier alpha value is -1.63. The van der Waals surface area contributed by atoms with Crippen molar-refractivity contribution in [3.8, 4) is 0 Å². The molecule has 1 heterocycles. The monoisotopic (exact) mass is 285 g/mol. The zero-order valence-corrected chi connectivity index (χ0v) is 12.2. The molecule has 0 spiro atoms. The minimum Gasteiger partial charge on any atom is -0.480 e. The maximum atomic E-state index is 12.5. The molecule has 2 amide bonds. The Morgan fingerprint density at radius 3 is 2.50 bits per heavy atom. The smallest absolute Gasteiger partial charge is 0.326 e. The van der Waals surface area contributed by atoms with Crippen molar-refractivity contribution in [2.24, 2.45) is 5.92 Å². The molecule has 1 rings (SSSR count).